The lowest BCUT2D eigenvalue weighted by molar-refractivity contribution is 0.0532. The summed E-state index contributed by atoms with van der Waals surface area (Å²) in [5.74, 6) is 1.33. The predicted octanol–water partition coefficient (Wildman–Crippen LogP) is 7.18. The van der Waals surface area contributed by atoms with Gasteiger partial charge in [-0.25, -0.2) is 4.79 Å². The molecular weight excluding hydrogens is 596 g/mol. The van der Waals surface area contributed by atoms with Crippen LogP contribution in [0.1, 0.15) is 73.7 Å². The molecule has 9 heteroatoms. The number of rotatable bonds is 16. The number of cyclic esters (lactones) is 1. The molecule has 0 radical (unpaired) electrons. The van der Waals surface area contributed by atoms with Crippen LogP contribution in [0, 0.1) is 6.92 Å². The van der Waals surface area contributed by atoms with Crippen LogP contribution in [0.2, 0.25) is 0 Å². The van der Waals surface area contributed by atoms with Gasteiger partial charge in [-0.2, -0.15) is 0 Å². The molecule has 6 nitrogen and oxygen atoms in total. The summed E-state index contributed by atoms with van der Waals surface area (Å²) >= 11 is 2.27. The van der Waals surface area contributed by atoms with E-state index in [0.29, 0.717) is 25.4 Å². The maximum Gasteiger partial charge on any atom is 0.342 e. The molecule has 0 spiro atoms. The zero-order valence-electron chi connectivity index (χ0n) is 22.4. The average molecular weight is 640 g/mol. The first-order valence-corrected chi connectivity index (χ1v) is 17.4. The van der Waals surface area contributed by atoms with E-state index in [-0.39, 0.29) is 5.97 Å². The maximum atomic E-state index is 12.6. The fourth-order valence-corrected chi connectivity index (χ4v) is 5.75. The number of fused-ring (bicyclic) bond motifs is 1. The van der Waals surface area contributed by atoms with Gasteiger partial charge < -0.3 is 23.8 Å². The van der Waals surface area contributed by atoms with Gasteiger partial charge in [0.25, 0.3) is 0 Å². The highest BCUT2D eigenvalue weighted by atomic mass is 127. The molecule has 0 aliphatic carbocycles. The first-order valence-electron chi connectivity index (χ1n) is 12.6. The van der Waals surface area contributed by atoms with Crippen LogP contribution < -0.4 is 10.1 Å². The number of hydrogen-bond donors (Lipinski definition) is 1. The molecule has 1 heterocycles. The quantitative estimate of drug-likeness (QED) is 0.0676. The highest BCUT2D eigenvalue weighted by Gasteiger charge is 2.32. The second-order valence-corrected chi connectivity index (χ2v) is 11.8. The van der Waals surface area contributed by atoms with Crippen molar-refractivity contribution in [3.05, 3.63) is 39.5 Å². The molecule has 0 saturated carbocycles. The SMILES string of the molecule is CC.CCOP(CCNC/C(=C/Cc1c(CC)c(C)c2c(c1OCCSI)C(=O)OC2)CC)OC. The standard InChI is InChI=1S/C24H37INO5PS.C2H6/c1-6-18(15-26-11-13-32(28-5)31-8-3)9-10-20-19(7-2)17(4)21-16-30-24(27)22(21)23(20)29-12-14-33-25;1-2/h9,26H,6-8,10-16H2,1-5H3;1-2H3/b18-9+;. The number of allylic oxidation sites excluding steroid dienone is 1. The van der Waals surface area contributed by atoms with E-state index in [1.165, 1.54) is 11.1 Å². The number of hydrogen-bond acceptors (Lipinski definition) is 7. The second kappa shape index (κ2) is 18.8. The third kappa shape index (κ3) is 9.78. The van der Waals surface area contributed by atoms with E-state index in [4.69, 9.17) is 18.5 Å². The number of benzene rings is 1. The molecule has 1 aromatic carbocycles. The molecule has 0 aromatic heterocycles. The number of carbonyl (C=O) groups is 1. The van der Waals surface area contributed by atoms with Gasteiger partial charge in [0.1, 0.15) is 17.9 Å². The fraction of sp³-hybridized carbons (Fsp3) is 0.654. The number of halogens is 1. The molecular formula is C26H43INO5PS. The van der Waals surface area contributed by atoms with E-state index in [9.17, 15) is 4.79 Å². The third-order valence-electron chi connectivity index (χ3n) is 5.73. The van der Waals surface area contributed by atoms with Crippen molar-refractivity contribution in [3.63, 3.8) is 0 Å². The Hall–Kier alpha value is -0.380. The zero-order chi connectivity index (χ0) is 26.2. The topological polar surface area (TPSA) is 66.0 Å². The first-order chi connectivity index (χ1) is 17.0. The van der Waals surface area contributed by atoms with Gasteiger partial charge in [-0.1, -0.05) is 48.3 Å². The van der Waals surface area contributed by atoms with Gasteiger partial charge in [0.2, 0.25) is 0 Å². The Kier molecular flexibility index (Phi) is 17.5. The van der Waals surface area contributed by atoms with Crippen LogP contribution >= 0.6 is 38.5 Å². The lowest BCUT2D eigenvalue weighted by Crippen LogP contribution is -2.21. The summed E-state index contributed by atoms with van der Waals surface area (Å²) in [5, 5.41) is 3.52. The van der Waals surface area contributed by atoms with Crippen LogP contribution in [0.3, 0.4) is 0 Å². The van der Waals surface area contributed by atoms with Gasteiger partial charge in [0.05, 0.1) is 13.2 Å². The van der Waals surface area contributed by atoms with Crippen LogP contribution in [0.15, 0.2) is 11.6 Å². The normalized spacial score (nSPS) is 13.7. The number of esters is 1. The van der Waals surface area contributed by atoms with Crippen molar-refractivity contribution >= 4 is 44.5 Å². The van der Waals surface area contributed by atoms with Gasteiger partial charge in [-0.05, 0) is 65.4 Å². The Morgan fingerprint density at radius 1 is 1.26 bits per heavy atom. The van der Waals surface area contributed by atoms with Crippen LogP contribution in [-0.4, -0.2) is 51.3 Å². The minimum Gasteiger partial charge on any atom is -0.491 e. The van der Waals surface area contributed by atoms with Crippen molar-refractivity contribution in [1.82, 2.24) is 5.32 Å². The summed E-state index contributed by atoms with van der Waals surface area (Å²) in [5.41, 5.74) is 6.51. The predicted molar refractivity (Wildman–Crippen MR) is 158 cm³/mol. The van der Waals surface area contributed by atoms with Crippen molar-refractivity contribution in [1.29, 1.82) is 0 Å². The first kappa shape index (κ1) is 32.6. The maximum absolute atomic E-state index is 12.6. The van der Waals surface area contributed by atoms with Crippen molar-refractivity contribution in [2.24, 2.45) is 0 Å². The fourth-order valence-electron chi connectivity index (χ4n) is 4.02. The van der Waals surface area contributed by atoms with Crippen molar-refractivity contribution in [2.75, 3.05) is 45.3 Å². The monoisotopic (exact) mass is 639 g/mol. The van der Waals surface area contributed by atoms with Gasteiger partial charge in [-0.3, -0.25) is 0 Å². The van der Waals surface area contributed by atoms with E-state index >= 15 is 0 Å². The minimum atomic E-state index is -0.812. The smallest absolute Gasteiger partial charge is 0.342 e. The summed E-state index contributed by atoms with van der Waals surface area (Å²) in [4.78, 5) is 12.6. The average Bonchev–Trinajstić information content (AvgIpc) is 3.27. The summed E-state index contributed by atoms with van der Waals surface area (Å²) in [6.45, 7) is 15.7. The summed E-state index contributed by atoms with van der Waals surface area (Å²) in [7, 11) is 2.60. The molecule has 0 bridgehead atoms. The summed E-state index contributed by atoms with van der Waals surface area (Å²) < 4.78 is 22.6. The minimum absolute atomic E-state index is 0.264. The zero-order valence-corrected chi connectivity index (χ0v) is 26.3. The molecule has 1 unspecified atom stereocenters. The highest BCUT2D eigenvalue weighted by molar-refractivity contribution is 14.2. The largest absolute Gasteiger partial charge is 0.491 e. The van der Waals surface area contributed by atoms with Crippen LogP contribution in [-0.2, 0) is 33.2 Å². The molecule has 1 N–H and O–H groups in total. The van der Waals surface area contributed by atoms with Crippen LogP contribution in [0.5, 0.6) is 5.75 Å². The van der Waals surface area contributed by atoms with E-state index in [1.807, 2.05) is 20.8 Å². The number of nitrogens with one attached hydrogen (secondary N) is 1. The number of ether oxygens (including phenoxy) is 2. The van der Waals surface area contributed by atoms with Crippen molar-refractivity contribution < 1.29 is 23.3 Å². The Bertz CT molecular complexity index is 822. The third-order valence-corrected chi connectivity index (χ3v) is 8.92. The second-order valence-electron chi connectivity index (χ2n) is 7.61. The van der Waals surface area contributed by atoms with Crippen molar-refractivity contribution in [3.8, 4) is 5.75 Å². The molecule has 35 heavy (non-hydrogen) atoms. The van der Waals surface area contributed by atoms with Gasteiger partial charge in [0.15, 0.2) is 8.38 Å². The molecule has 0 amide bonds. The van der Waals surface area contributed by atoms with E-state index in [2.05, 4.69) is 53.4 Å². The van der Waals surface area contributed by atoms with Gasteiger partial charge in [-0.15, -0.1) is 0 Å². The van der Waals surface area contributed by atoms with E-state index in [0.717, 1.165) is 66.7 Å². The Labute approximate surface area is 230 Å². The molecule has 0 fully saturated rings. The molecule has 2 rings (SSSR count). The molecule has 1 atom stereocenters. The number of carbonyl (C=O) groups excluding carboxylic acids is 1. The molecule has 0 saturated heterocycles. The Morgan fingerprint density at radius 2 is 2.00 bits per heavy atom. The highest BCUT2D eigenvalue weighted by Crippen LogP contribution is 2.39. The van der Waals surface area contributed by atoms with Gasteiger partial charge in [0, 0.05) is 43.2 Å². The van der Waals surface area contributed by atoms with Crippen molar-refractivity contribution in [2.45, 2.75) is 67.4 Å². The summed E-state index contributed by atoms with van der Waals surface area (Å²) in [6, 6.07) is 0. The lowest BCUT2D eigenvalue weighted by Gasteiger charge is -2.20. The lowest BCUT2D eigenvalue weighted by atomic mass is 9.89. The molecule has 200 valence electrons. The molecule has 1 aliphatic rings. The van der Waals surface area contributed by atoms with E-state index in [1.54, 1.807) is 16.0 Å². The Balaban J connectivity index is 0.00000298. The molecule has 1 aliphatic heterocycles. The van der Waals surface area contributed by atoms with Gasteiger partial charge >= 0.3 is 5.97 Å². The Morgan fingerprint density at radius 3 is 2.60 bits per heavy atom. The van der Waals surface area contributed by atoms with Crippen LogP contribution in [0.4, 0.5) is 0 Å². The summed E-state index contributed by atoms with van der Waals surface area (Å²) in [6.07, 6.45) is 5.76. The van der Waals surface area contributed by atoms with Crippen LogP contribution in [0.25, 0.3) is 0 Å². The molecule has 1 aromatic rings. The van der Waals surface area contributed by atoms with E-state index < -0.39 is 8.38 Å².